The highest BCUT2D eigenvalue weighted by atomic mass is 79.9. The van der Waals surface area contributed by atoms with Gasteiger partial charge in [0.1, 0.15) is 11.3 Å². The molecule has 0 bridgehead atoms. The Morgan fingerprint density at radius 1 is 1.30 bits per heavy atom. The van der Waals surface area contributed by atoms with Crippen molar-refractivity contribution >= 4 is 33.8 Å². The summed E-state index contributed by atoms with van der Waals surface area (Å²) in [5.74, 6) is -1.23. The van der Waals surface area contributed by atoms with Crippen molar-refractivity contribution in [1.29, 1.82) is 0 Å². The number of hydrogen-bond donors (Lipinski definition) is 3. The summed E-state index contributed by atoms with van der Waals surface area (Å²) in [6.07, 6.45) is 1.50. The molecule has 0 aromatic heterocycles. The van der Waals surface area contributed by atoms with Crippen LogP contribution in [0.2, 0.25) is 0 Å². The van der Waals surface area contributed by atoms with Crippen LogP contribution in [0.4, 0.5) is 5.69 Å². The van der Waals surface area contributed by atoms with Crippen LogP contribution in [0.15, 0.2) is 39.8 Å². The Bertz CT molecular complexity index is 773. The van der Waals surface area contributed by atoms with Crippen molar-refractivity contribution in [1.82, 2.24) is 0 Å². The number of phenolic OH excluding ortho intramolecular Hbond substituents is 1. The molecule has 0 spiro atoms. The van der Waals surface area contributed by atoms with Gasteiger partial charge in [0.15, 0.2) is 11.5 Å². The van der Waals surface area contributed by atoms with Crippen LogP contribution in [-0.2, 0) is 0 Å². The highest BCUT2D eigenvalue weighted by molar-refractivity contribution is 9.10. The number of carboxylic acids is 1. The number of aliphatic imine (C=N–C) groups is 1. The molecule has 120 valence electrons. The molecule has 0 unspecified atom stereocenters. The second kappa shape index (κ2) is 7.15. The number of carboxylic acid groups (broad SMARTS) is 1. The summed E-state index contributed by atoms with van der Waals surface area (Å²) in [5, 5.41) is 28.3. The molecule has 0 atom stereocenters. The van der Waals surface area contributed by atoms with Crippen LogP contribution in [0.25, 0.3) is 0 Å². The number of aromatic carboxylic acids is 1. The van der Waals surface area contributed by atoms with Gasteiger partial charge in [-0.25, -0.2) is 4.79 Å². The third kappa shape index (κ3) is 4.01. The van der Waals surface area contributed by atoms with Crippen LogP contribution in [0, 0.1) is 0 Å². The molecular formula is C16H14BrNO5. The fraction of sp³-hybridized carbons (Fsp3) is 0.125. The van der Waals surface area contributed by atoms with Gasteiger partial charge in [-0.3, -0.25) is 4.99 Å². The molecule has 0 aliphatic carbocycles. The molecule has 7 heteroatoms. The summed E-state index contributed by atoms with van der Waals surface area (Å²) < 4.78 is 5.78. The number of carbonyl (C=O) groups is 1. The van der Waals surface area contributed by atoms with E-state index >= 15 is 0 Å². The maximum atomic E-state index is 11.0. The van der Waals surface area contributed by atoms with Crippen molar-refractivity contribution in [3.63, 3.8) is 0 Å². The fourth-order valence-electron chi connectivity index (χ4n) is 1.86. The lowest BCUT2D eigenvalue weighted by Crippen LogP contribution is -1.96. The van der Waals surface area contributed by atoms with Crippen LogP contribution >= 0.6 is 15.9 Å². The molecule has 2 rings (SSSR count). The van der Waals surface area contributed by atoms with Crippen molar-refractivity contribution in [2.45, 2.75) is 6.92 Å². The number of phenols is 2. The topological polar surface area (TPSA) is 99.4 Å². The molecule has 0 saturated carbocycles. The van der Waals surface area contributed by atoms with Crippen LogP contribution < -0.4 is 4.74 Å². The minimum atomic E-state index is -1.23. The molecule has 0 fully saturated rings. The Morgan fingerprint density at radius 3 is 2.70 bits per heavy atom. The first-order valence-corrected chi connectivity index (χ1v) is 7.47. The van der Waals surface area contributed by atoms with Crippen molar-refractivity contribution in [3.05, 3.63) is 45.9 Å². The predicted molar refractivity (Wildman–Crippen MR) is 89.3 cm³/mol. The van der Waals surface area contributed by atoms with Gasteiger partial charge in [-0.2, -0.15) is 0 Å². The number of benzene rings is 2. The van der Waals surface area contributed by atoms with Crippen molar-refractivity contribution in [2.75, 3.05) is 6.61 Å². The molecule has 2 aromatic carbocycles. The molecule has 6 nitrogen and oxygen atoms in total. The fourth-order valence-corrected chi connectivity index (χ4v) is 2.32. The third-order valence-corrected chi connectivity index (χ3v) is 3.53. The van der Waals surface area contributed by atoms with Crippen molar-refractivity contribution < 1.29 is 24.9 Å². The van der Waals surface area contributed by atoms with E-state index in [-0.39, 0.29) is 17.1 Å². The number of aromatic hydroxyl groups is 2. The Balaban J connectivity index is 2.33. The normalized spacial score (nSPS) is 10.9. The zero-order valence-corrected chi connectivity index (χ0v) is 13.7. The minimum absolute atomic E-state index is 0.00166. The van der Waals surface area contributed by atoms with Crippen molar-refractivity contribution in [3.8, 4) is 17.2 Å². The first-order valence-electron chi connectivity index (χ1n) is 6.68. The maximum Gasteiger partial charge on any atom is 0.339 e. The van der Waals surface area contributed by atoms with E-state index in [1.807, 2.05) is 0 Å². The van der Waals surface area contributed by atoms with Gasteiger partial charge < -0.3 is 20.1 Å². The SMILES string of the molecule is CCOc1cc(C=Nc2ccc(O)c(C(=O)O)c2)cc(Br)c1O. The number of hydrogen-bond acceptors (Lipinski definition) is 5. The smallest absolute Gasteiger partial charge is 0.339 e. The standard InChI is InChI=1S/C16H14BrNO5/c1-2-23-14-6-9(5-12(17)15(14)20)8-18-10-3-4-13(19)11(7-10)16(21)22/h3-8,19-20H,2H2,1H3,(H,21,22). The third-order valence-electron chi connectivity index (χ3n) is 2.92. The van der Waals surface area contributed by atoms with E-state index in [0.717, 1.165) is 0 Å². The molecule has 0 saturated heterocycles. The Labute approximate surface area is 140 Å². The van der Waals surface area contributed by atoms with E-state index in [1.165, 1.54) is 24.4 Å². The van der Waals surface area contributed by atoms with Crippen LogP contribution in [0.3, 0.4) is 0 Å². The lowest BCUT2D eigenvalue weighted by molar-refractivity contribution is 0.0694. The Hall–Kier alpha value is -2.54. The highest BCUT2D eigenvalue weighted by Crippen LogP contribution is 2.35. The molecule has 0 heterocycles. The van der Waals surface area contributed by atoms with Crippen LogP contribution in [-0.4, -0.2) is 34.1 Å². The molecule has 0 aliphatic heterocycles. The van der Waals surface area contributed by atoms with E-state index in [2.05, 4.69) is 20.9 Å². The molecule has 0 radical (unpaired) electrons. The predicted octanol–water partition coefficient (Wildman–Crippen LogP) is 3.71. The van der Waals surface area contributed by atoms with Gasteiger partial charge >= 0.3 is 5.97 Å². The summed E-state index contributed by atoms with van der Waals surface area (Å²) >= 11 is 3.23. The lowest BCUT2D eigenvalue weighted by atomic mass is 10.1. The highest BCUT2D eigenvalue weighted by Gasteiger charge is 2.10. The zero-order valence-electron chi connectivity index (χ0n) is 12.2. The first-order chi connectivity index (χ1) is 10.9. The van der Waals surface area contributed by atoms with Gasteiger partial charge in [-0.05, 0) is 58.7 Å². The second-order valence-electron chi connectivity index (χ2n) is 4.55. The van der Waals surface area contributed by atoms with E-state index in [1.54, 1.807) is 19.1 Å². The zero-order chi connectivity index (χ0) is 17.0. The van der Waals surface area contributed by atoms with Gasteiger partial charge in [-0.15, -0.1) is 0 Å². The summed E-state index contributed by atoms with van der Waals surface area (Å²) in [5.41, 5.74) is 0.812. The molecule has 23 heavy (non-hydrogen) atoms. The molecule has 0 amide bonds. The number of halogens is 1. The van der Waals surface area contributed by atoms with Gasteiger partial charge in [-0.1, -0.05) is 0 Å². The van der Waals surface area contributed by atoms with E-state index in [4.69, 9.17) is 9.84 Å². The van der Waals surface area contributed by atoms with Gasteiger partial charge in [0, 0.05) is 6.21 Å². The summed E-state index contributed by atoms with van der Waals surface area (Å²) in [4.78, 5) is 15.2. The monoisotopic (exact) mass is 379 g/mol. The summed E-state index contributed by atoms with van der Waals surface area (Å²) in [7, 11) is 0. The first kappa shape index (κ1) is 16.8. The molecule has 2 aromatic rings. The largest absolute Gasteiger partial charge is 0.507 e. The molecule has 0 aliphatic rings. The van der Waals surface area contributed by atoms with Crippen molar-refractivity contribution in [2.24, 2.45) is 4.99 Å². The number of nitrogens with zero attached hydrogens (tertiary/aromatic N) is 1. The van der Waals surface area contributed by atoms with E-state index in [9.17, 15) is 15.0 Å². The number of rotatable bonds is 5. The average Bonchev–Trinajstić information content (AvgIpc) is 2.51. The second-order valence-corrected chi connectivity index (χ2v) is 5.40. The lowest BCUT2D eigenvalue weighted by Gasteiger charge is -2.08. The van der Waals surface area contributed by atoms with Gasteiger partial charge in [0.2, 0.25) is 0 Å². The van der Waals surface area contributed by atoms with Gasteiger partial charge in [0.25, 0.3) is 0 Å². The quantitative estimate of drug-likeness (QED) is 0.687. The van der Waals surface area contributed by atoms with E-state index < -0.39 is 5.97 Å². The molecule has 3 N–H and O–H groups in total. The Morgan fingerprint density at radius 2 is 2.04 bits per heavy atom. The maximum absolute atomic E-state index is 11.0. The summed E-state index contributed by atoms with van der Waals surface area (Å²) in [6.45, 7) is 2.21. The average molecular weight is 380 g/mol. The number of ether oxygens (including phenoxy) is 1. The van der Waals surface area contributed by atoms with E-state index in [0.29, 0.717) is 28.1 Å². The van der Waals surface area contributed by atoms with Crippen LogP contribution in [0.1, 0.15) is 22.8 Å². The van der Waals surface area contributed by atoms with Crippen LogP contribution in [0.5, 0.6) is 17.2 Å². The van der Waals surface area contributed by atoms with Gasteiger partial charge in [0.05, 0.1) is 16.8 Å². The molecular weight excluding hydrogens is 366 g/mol. The summed E-state index contributed by atoms with van der Waals surface area (Å²) in [6, 6.07) is 7.31. The minimum Gasteiger partial charge on any atom is -0.507 e. The Kier molecular flexibility index (Phi) is 5.23.